The van der Waals surface area contributed by atoms with Gasteiger partial charge in [-0.1, -0.05) is 12.8 Å². The Morgan fingerprint density at radius 3 is 2.65 bits per heavy atom. The van der Waals surface area contributed by atoms with Crippen molar-refractivity contribution in [1.82, 2.24) is 9.97 Å². The van der Waals surface area contributed by atoms with Crippen LogP contribution < -0.4 is 5.32 Å². The van der Waals surface area contributed by atoms with Gasteiger partial charge in [-0.05, 0) is 43.2 Å². The van der Waals surface area contributed by atoms with Crippen molar-refractivity contribution in [2.45, 2.75) is 35.8 Å². The van der Waals surface area contributed by atoms with Crippen LogP contribution in [-0.4, -0.2) is 21.1 Å². The van der Waals surface area contributed by atoms with Crippen LogP contribution in [0, 0.1) is 0 Å². The molecule has 0 radical (unpaired) electrons. The molecule has 23 heavy (non-hydrogen) atoms. The number of aromatic nitrogens is 2. The molecule has 1 aromatic heterocycles. The van der Waals surface area contributed by atoms with Crippen LogP contribution in [0.15, 0.2) is 53.8 Å². The Balaban J connectivity index is 1.53. The number of hydrogen-bond donors (Lipinski definition) is 1. The fourth-order valence-corrected chi connectivity index (χ4v) is 3.80. The van der Waals surface area contributed by atoms with Crippen LogP contribution in [0.2, 0.25) is 0 Å². The van der Waals surface area contributed by atoms with E-state index in [1.54, 1.807) is 24.7 Å². The highest BCUT2D eigenvalue weighted by Crippen LogP contribution is 2.34. The zero-order valence-corrected chi connectivity index (χ0v) is 13.6. The molecule has 1 saturated carbocycles. The van der Waals surface area contributed by atoms with E-state index in [1.165, 1.54) is 36.7 Å². The molecule has 1 aliphatic carbocycles. The standard InChI is InChI=1S/C18H19N3OS/c22-18(10-7-15-13-19-11-12-20-15)21-14-5-8-17(9-6-14)23-16-3-1-2-4-16/h5-13,16H,1-4H2,(H,21,22)/b10-7+. The third kappa shape index (κ3) is 4.93. The maximum atomic E-state index is 11.9. The second-order valence-electron chi connectivity index (χ2n) is 5.50. The Bertz CT molecular complexity index is 664. The topological polar surface area (TPSA) is 54.9 Å². The van der Waals surface area contributed by atoms with E-state index in [4.69, 9.17) is 0 Å². The Hall–Kier alpha value is -2.14. The first kappa shape index (κ1) is 15.7. The third-order valence-corrected chi connectivity index (χ3v) is 5.06. The number of thioether (sulfide) groups is 1. The van der Waals surface area contributed by atoms with Gasteiger partial charge in [-0.2, -0.15) is 0 Å². The minimum Gasteiger partial charge on any atom is -0.323 e. The van der Waals surface area contributed by atoms with Crippen LogP contribution in [0.4, 0.5) is 5.69 Å². The zero-order chi connectivity index (χ0) is 15.9. The summed E-state index contributed by atoms with van der Waals surface area (Å²) in [4.78, 5) is 21.2. The van der Waals surface area contributed by atoms with E-state index >= 15 is 0 Å². The van der Waals surface area contributed by atoms with Gasteiger partial charge >= 0.3 is 0 Å². The summed E-state index contributed by atoms with van der Waals surface area (Å²) < 4.78 is 0. The molecule has 1 N–H and O–H groups in total. The predicted octanol–water partition coefficient (Wildman–Crippen LogP) is 4.16. The number of nitrogens with one attached hydrogen (secondary N) is 1. The minimum atomic E-state index is -0.174. The van der Waals surface area contributed by atoms with E-state index in [1.807, 2.05) is 23.9 Å². The number of carbonyl (C=O) groups is 1. The van der Waals surface area contributed by atoms with Crippen molar-refractivity contribution < 1.29 is 4.79 Å². The van der Waals surface area contributed by atoms with Gasteiger partial charge in [-0.25, -0.2) is 0 Å². The number of anilines is 1. The largest absolute Gasteiger partial charge is 0.323 e. The maximum absolute atomic E-state index is 11.9. The monoisotopic (exact) mass is 325 g/mol. The van der Waals surface area contributed by atoms with E-state index in [-0.39, 0.29) is 5.91 Å². The average Bonchev–Trinajstić information content (AvgIpc) is 3.09. The highest BCUT2D eigenvalue weighted by atomic mass is 32.2. The number of rotatable bonds is 5. The lowest BCUT2D eigenvalue weighted by Gasteiger charge is -2.09. The van der Waals surface area contributed by atoms with Crippen LogP contribution in [-0.2, 0) is 4.79 Å². The quantitative estimate of drug-likeness (QED) is 0.839. The number of hydrogen-bond acceptors (Lipinski definition) is 4. The van der Waals surface area contributed by atoms with Crippen LogP contribution in [0.3, 0.4) is 0 Å². The van der Waals surface area contributed by atoms with Gasteiger partial charge in [0.05, 0.1) is 11.9 Å². The molecule has 3 rings (SSSR count). The van der Waals surface area contributed by atoms with Gasteiger partial charge in [0.15, 0.2) is 0 Å². The second-order valence-corrected chi connectivity index (χ2v) is 6.88. The molecule has 4 nitrogen and oxygen atoms in total. The van der Waals surface area contributed by atoms with Gasteiger partial charge in [-0.15, -0.1) is 11.8 Å². The predicted molar refractivity (Wildman–Crippen MR) is 94.3 cm³/mol. The summed E-state index contributed by atoms with van der Waals surface area (Å²) in [5, 5.41) is 3.60. The van der Waals surface area contributed by atoms with E-state index in [9.17, 15) is 4.79 Å². The third-order valence-electron chi connectivity index (χ3n) is 3.72. The average molecular weight is 325 g/mol. The van der Waals surface area contributed by atoms with Crippen molar-refractivity contribution in [3.05, 3.63) is 54.6 Å². The van der Waals surface area contributed by atoms with Crippen molar-refractivity contribution in [2.75, 3.05) is 5.32 Å². The molecule has 0 unspecified atom stereocenters. The first-order valence-corrected chi connectivity index (χ1v) is 8.69. The Morgan fingerprint density at radius 1 is 1.17 bits per heavy atom. The molecule has 0 aliphatic heterocycles. The molecule has 0 bridgehead atoms. The molecule has 0 spiro atoms. The van der Waals surface area contributed by atoms with Crippen LogP contribution in [0.25, 0.3) is 6.08 Å². The van der Waals surface area contributed by atoms with Gasteiger partial charge in [0, 0.05) is 34.3 Å². The molecule has 1 aromatic carbocycles. The molecule has 0 atom stereocenters. The van der Waals surface area contributed by atoms with Crippen molar-refractivity contribution >= 4 is 29.4 Å². The van der Waals surface area contributed by atoms with Gasteiger partial charge in [0.2, 0.25) is 5.91 Å². The molecule has 2 aromatic rings. The van der Waals surface area contributed by atoms with Gasteiger partial charge in [0.25, 0.3) is 0 Å². The SMILES string of the molecule is O=C(/C=C/c1cnccn1)Nc1ccc(SC2CCCC2)cc1. The molecular weight excluding hydrogens is 306 g/mol. The first-order chi connectivity index (χ1) is 11.3. The molecule has 5 heteroatoms. The van der Waals surface area contributed by atoms with E-state index in [2.05, 4.69) is 27.4 Å². The fourth-order valence-electron chi connectivity index (χ4n) is 2.56. The van der Waals surface area contributed by atoms with Gasteiger partial charge in [0.1, 0.15) is 0 Å². The highest BCUT2D eigenvalue weighted by molar-refractivity contribution is 8.00. The molecule has 1 heterocycles. The smallest absolute Gasteiger partial charge is 0.248 e. The molecule has 1 fully saturated rings. The van der Waals surface area contributed by atoms with Crippen molar-refractivity contribution in [2.24, 2.45) is 0 Å². The zero-order valence-electron chi connectivity index (χ0n) is 12.8. The van der Waals surface area contributed by atoms with Gasteiger partial charge in [-0.3, -0.25) is 14.8 Å². The maximum Gasteiger partial charge on any atom is 0.248 e. The normalized spacial score (nSPS) is 15.1. The van der Waals surface area contributed by atoms with E-state index < -0.39 is 0 Å². The fraction of sp³-hybridized carbons (Fsp3) is 0.278. The van der Waals surface area contributed by atoms with Crippen LogP contribution in [0.1, 0.15) is 31.4 Å². The molecule has 1 amide bonds. The summed E-state index contributed by atoms with van der Waals surface area (Å²) in [6.45, 7) is 0. The molecule has 0 saturated heterocycles. The summed E-state index contributed by atoms with van der Waals surface area (Å²) in [7, 11) is 0. The van der Waals surface area contributed by atoms with Crippen LogP contribution in [0.5, 0.6) is 0 Å². The van der Waals surface area contributed by atoms with Gasteiger partial charge < -0.3 is 5.32 Å². The number of nitrogens with zero attached hydrogens (tertiary/aromatic N) is 2. The number of carbonyl (C=O) groups excluding carboxylic acids is 1. The number of benzene rings is 1. The van der Waals surface area contributed by atoms with E-state index in [0.717, 1.165) is 10.9 Å². The summed E-state index contributed by atoms with van der Waals surface area (Å²) in [6, 6.07) is 8.05. The first-order valence-electron chi connectivity index (χ1n) is 7.81. The summed E-state index contributed by atoms with van der Waals surface area (Å²) >= 11 is 1.94. The lowest BCUT2D eigenvalue weighted by molar-refractivity contribution is -0.111. The summed E-state index contributed by atoms with van der Waals surface area (Å²) in [6.07, 6.45) is 13.2. The van der Waals surface area contributed by atoms with E-state index in [0.29, 0.717) is 5.69 Å². The number of amides is 1. The summed E-state index contributed by atoms with van der Waals surface area (Å²) in [5.41, 5.74) is 1.46. The summed E-state index contributed by atoms with van der Waals surface area (Å²) in [5.74, 6) is -0.174. The molecule has 1 aliphatic rings. The Morgan fingerprint density at radius 2 is 1.96 bits per heavy atom. The Kier molecular flexibility index (Phi) is 5.42. The highest BCUT2D eigenvalue weighted by Gasteiger charge is 2.15. The Labute approximate surface area is 140 Å². The van der Waals surface area contributed by atoms with Crippen molar-refractivity contribution in [3.8, 4) is 0 Å². The minimum absolute atomic E-state index is 0.174. The van der Waals surface area contributed by atoms with Crippen molar-refractivity contribution in [3.63, 3.8) is 0 Å². The lowest BCUT2D eigenvalue weighted by atomic mass is 10.3. The second kappa shape index (κ2) is 7.92. The van der Waals surface area contributed by atoms with Crippen molar-refractivity contribution in [1.29, 1.82) is 0 Å². The molecular formula is C18H19N3OS. The lowest BCUT2D eigenvalue weighted by Crippen LogP contribution is -2.07. The molecule has 118 valence electrons. The van der Waals surface area contributed by atoms with Crippen LogP contribution >= 0.6 is 11.8 Å².